The van der Waals surface area contributed by atoms with Crippen LogP contribution in [0.1, 0.15) is 0 Å². The number of benzene rings is 11. The van der Waals surface area contributed by atoms with E-state index in [1.165, 1.54) is 107 Å². The maximum atomic E-state index is 2.47. The summed E-state index contributed by atoms with van der Waals surface area (Å²) in [6.45, 7) is 0. The molecule has 14 rings (SSSR count). The van der Waals surface area contributed by atoms with Crippen LogP contribution in [0.2, 0.25) is 0 Å². The van der Waals surface area contributed by atoms with Gasteiger partial charge in [0.25, 0.3) is 0 Å². The summed E-state index contributed by atoms with van der Waals surface area (Å²) in [7, 11) is 0. The SMILES string of the molecule is c1ccc(-c2ccc(N(c3ccc4c(c3)c3ccccc3c3ccccc3c3ccccc3c3cc5c(cc43)sc3ccccc35)c3ccc4c(c3)c3ccccc3n4-c3ccccc3)cc2)cc1. The highest BCUT2D eigenvalue weighted by atomic mass is 32.1. The zero-order valence-electron chi connectivity index (χ0n) is 37.6. The average molecular weight is 895 g/mol. The largest absolute Gasteiger partial charge is 0.310 e. The first-order valence-electron chi connectivity index (χ1n) is 23.7. The van der Waals surface area contributed by atoms with Crippen molar-refractivity contribution in [1.29, 1.82) is 0 Å². The van der Waals surface area contributed by atoms with Gasteiger partial charge in [0.1, 0.15) is 0 Å². The van der Waals surface area contributed by atoms with Gasteiger partial charge in [-0.1, -0.05) is 176 Å². The number of aromatic nitrogens is 1. The summed E-state index contributed by atoms with van der Waals surface area (Å²) in [4.78, 5) is 2.45. The molecule has 0 aliphatic carbocycles. The van der Waals surface area contributed by atoms with Crippen LogP contribution >= 0.6 is 11.3 Å². The smallest absolute Gasteiger partial charge is 0.0542 e. The van der Waals surface area contributed by atoms with E-state index >= 15 is 0 Å². The van der Waals surface area contributed by atoms with Crippen LogP contribution < -0.4 is 4.90 Å². The van der Waals surface area contributed by atoms with Gasteiger partial charge in [0, 0.05) is 53.7 Å². The van der Waals surface area contributed by atoms with Crippen LogP contribution in [-0.2, 0) is 0 Å². The molecule has 0 aliphatic heterocycles. The summed E-state index contributed by atoms with van der Waals surface area (Å²) >= 11 is 1.88. The predicted octanol–water partition coefficient (Wildman–Crippen LogP) is 19.2. The number of para-hydroxylation sites is 2. The van der Waals surface area contributed by atoms with Crippen LogP contribution in [0.5, 0.6) is 0 Å². The van der Waals surface area contributed by atoms with Crippen molar-refractivity contribution >= 4 is 124 Å². The molecule has 69 heavy (non-hydrogen) atoms. The summed E-state index contributed by atoms with van der Waals surface area (Å²) < 4.78 is 4.98. The fraction of sp³-hybridized carbons (Fsp3) is 0. The molecule has 2 heterocycles. The normalized spacial score (nSPS) is 11.8. The van der Waals surface area contributed by atoms with E-state index in [1.807, 2.05) is 11.3 Å². The van der Waals surface area contributed by atoms with Gasteiger partial charge in [-0.25, -0.2) is 0 Å². The Balaban J connectivity index is 1.11. The maximum absolute atomic E-state index is 2.47. The number of hydrogen-bond donors (Lipinski definition) is 0. The molecular formula is C66H42N2S. The summed E-state index contributed by atoms with van der Waals surface area (Å²) in [6, 6.07) is 94.2. The second kappa shape index (κ2) is 16.0. The van der Waals surface area contributed by atoms with Crippen molar-refractivity contribution in [3.05, 3.63) is 255 Å². The third-order valence-electron chi connectivity index (χ3n) is 14.2. The van der Waals surface area contributed by atoms with Gasteiger partial charge in [0.2, 0.25) is 0 Å². The molecule has 0 aliphatic rings. The lowest BCUT2D eigenvalue weighted by molar-refractivity contribution is 1.18. The van der Waals surface area contributed by atoms with Crippen LogP contribution in [0.25, 0.3) is 113 Å². The highest BCUT2D eigenvalue weighted by Gasteiger charge is 2.20. The quantitative estimate of drug-likeness (QED) is 0.167. The van der Waals surface area contributed by atoms with Gasteiger partial charge in [0.15, 0.2) is 0 Å². The fourth-order valence-electron chi connectivity index (χ4n) is 11.0. The zero-order chi connectivity index (χ0) is 45.4. The van der Waals surface area contributed by atoms with E-state index < -0.39 is 0 Å². The Labute approximate surface area is 403 Å². The van der Waals surface area contributed by atoms with Crippen LogP contribution in [0.3, 0.4) is 0 Å². The van der Waals surface area contributed by atoms with E-state index in [2.05, 4.69) is 264 Å². The molecule has 0 spiro atoms. The molecule has 0 amide bonds. The molecule has 2 nitrogen and oxygen atoms in total. The lowest BCUT2D eigenvalue weighted by atomic mass is 9.93. The highest BCUT2D eigenvalue weighted by Crippen LogP contribution is 2.45. The Kier molecular flexibility index (Phi) is 9.11. The molecule has 322 valence electrons. The number of nitrogens with zero attached hydrogens (tertiary/aromatic N) is 2. The van der Waals surface area contributed by atoms with Crippen LogP contribution in [0.15, 0.2) is 255 Å². The molecule has 0 radical (unpaired) electrons. The predicted molar refractivity (Wildman–Crippen MR) is 299 cm³/mol. The Hall–Kier alpha value is -8.76. The molecule has 0 bridgehead atoms. The zero-order valence-corrected chi connectivity index (χ0v) is 38.4. The molecule has 0 saturated heterocycles. The van der Waals surface area contributed by atoms with Crippen molar-refractivity contribution in [3.8, 4) is 16.8 Å². The fourth-order valence-corrected chi connectivity index (χ4v) is 12.2. The van der Waals surface area contributed by atoms with E-state index in [-0.39, 0.29) is 0 Å². The maximum Gasteiger partial charge on any atom is 0.0542 e. The van der Waals surface area contributed by atoms with Gasteiger partial charge in [0.05, 0.1) is 11.0 Å². The van der Waals surface area contributed by atoms with E-state index in [4.69, 9.17) is 0 Å². The van der Waals surface area contributed by atoms with Crippen LogP contribution in [0.4, 0.5) is 17.1 Å². The van der Waals surface area contributed by atoms with Gasteiger partial charge in [-0.05, 0) is 144 Å². The van der Waals surface area contributed by atoms with Crippen molar-refractivity contribution in [3.63, 3.8) is 0 Å². The van der Waals surface area contributed by atoms with Gasteiger partial charge < -0.3 is 9.47 Å². The topological polar surface area (TPSA) is 8.17 Å². The monoisotopic (exact) mass is 894 g/mol. The molecule has 0 N–H and O–H groups in total. The molecule has 0 unspecified atom stereocenters. The Morgan fingerprint density at radius 3 is 1.33 bits per heavy atom. The number of fused-ring (bicyclic) bond motifs is 16. The third kappa shape index (κ3) is 6.39. The second-order valence-electron chi connectivity index (χ2n) is 18.0. The minimum Gasteiger partial charge on any atom is -0.310 e. The Bertz CT molecular complexity index is 4410. The van der Waals surface area contributed by atoms with Gasteiger partial charge in [-0.3, -0.25) is 0 Å². The van der Waals surface area contributed by atoms with Crippen molar-refractivity contribution < 1.29 is 0 Å². The van der Waals surface area contributed by atoms with E-state index in [0.717, 1.165) is 22.7 Å². The molecule has 0 saturated carbocycles. The van der Waals surface area contributed by atoms with Crippen LogP contribution in [0, 0.1) is 0 Å². The number of rotatable bonds is 5. The van der Waals surface area contributed by atoms with Crippen molar-refractivity contribution in [2.45, 2.75) is 0 Å². The van der Waals surface area contributed by atoms with Crippen molar-refractivity contribution in [2.75, 3.05) is 4.90 Å². The Morgan fingerprint density at radius 2 is 0.681 bits per heavy atom. The minimum absolute atomic E-state index is 1.08. The van der Waals surface area contributed by atoms with E-state index in [1.54, 1.807) is 0 Å². The molecule has 3 heteroatoms. The summed E-state index contributed by atoms with van der Waals surface area (Å²) in [5.41, 5.74) is 9.14. The molecule has 12 aromatic carbocycles. The van der Waals surface area contributed by atoms with Crippen LogP contribution in [-0.4, -0.2) is 4.57 Å². The van der Waals surface area contributed by atoms with Crippen molar-refractivity contribution in [1.82, 2.24) is 4.57 Å². The number of hydrogen-bond acceptors (Lipinski definition) is 2. The standard InChI is InChI=1S/C66H42N2S/c1-3-17-43(18-4-1)44-31-33-46(34-32-44)67(48-36-38-64-61(40-48)56-27-13-15-29-63(56)68(64)45-19-5-2-6-20-45)47-35-37-55-58(39-47)53-25-11-9-23-51(53)49-21-7-8-22-50(49)52-24-10-12-26-54(52)59-41-62-57-28-14-16-30-65(57)69-66(62)42-60(55)59/h1-42H. The van der Waals surface area contributed by atoms with E-state index in [0.29, 0.717) is 0 Å². The first-order chi connectivity index (χ1) is 34.2. The molecular weight excluding hydrogens is 853 g/mol. The molecule has 2 aromatic heterocycles. The van der Waals surface area contributed by atoms with E-state index in [9.17, 15) is 0 Å². The average Bonchev–Trinajstić information content (AvgIpc) is 3.96. The lowest BCUT2D eigenvalue weighted by Gasteiger charge is -2.26. The van der Waals surface area contributed by atoms with Gasteiger partial charge in [-0.15, -0.1) is 11.3 Å². The summed E-state index contributed by atoms with van der Waals surface area (Å²) in [6.07, 6.45) is 0. The van der Waals surface area contributed by atoms with Crippen molar-refractivity contribution in [2.24, 2.45) is 0 Å². The highest BCUT2D eigenvalue weighted by molar-refractivity contribution is 7.25. The number of anilines is 3. The second-order valence-corrected chi connectivity index (χ2v) is 19.1. The molecule has 14 aromatic rings. The molecule has 0 fully saturated rings. The first-order valence-corrected chi connectivity index (χ1v) is 24.5. The third-order valence-corrected chi connectivity index (χ3v) is 15.3. The molecule has 0 atom stereocenters. The first kappa shape index (κ1) is 39.4. The number of thiophene rings is 1. The van der Waals surface area contributed by atoms with Gasteiger partial charge in [-0.2, -0.15) is 0 Å². The lowest BCUT2D eigenvalue weighted by Crippen LogP contribution is -2.10. The minimum atomic E-state index is 1.08. The van der Waals surface area contributed by atoms with Gasteiger partial charge >= 0.3 is 0 Å². The Morgan fingerprint density at radius 1 is 0.246 bits per heavy atom. The summed E-state index contributed by atoms with van der Waals surface area (Å²) in [5.74, 6) is 0. The summed E-state index contributed by atoms with van der Waals surface area (Å²) in [5, 5.41) is 17.2.